The molecule has 5 heteroatoms. The second-order valence-electron chi connectivity index (χ2n) is 6.80. The number of benzene rings is 1. The molecular weight excluding hydrogens is 278 g/mol. The van der Waals surface area contributed by atoms with Crippen LogP contribution in [0.3, 0.4) is 0 Å². The van der Waals surface area contributed by atoms with E-state index in [1.807, 2.05) is 6.07 Å². The van der Waals surface area contributed by atoms with Gasteiger partial charge in [0.25, 0.3) is 5.91 Å². The Morgan fingerprint density at radius 1 is 1.09 bits per heavy atom. The monoisotopic (exact) mass is 299 g/mol. The van der Waals surface area contributed by atoms with Crippen molar-refractivity contribution in [2.75, 3.05) is 0 Å². The lowest BCUT2D eigenvalue weighted by Gasteiger charge is -2.51. The van der Waals surface area contributed by atoms with Gasteiger partial charge in [0, 0.05) is 18.6 Å². The summed E-state index contributed by atoms with van der Waals surface area (Å²) in [5.74, 6) is -0.131. The minimum Gasteiger partial charge on any atom is -0.323 e. The Morgan fingerprint density at radius 2 is 1.77 bits per heavy atom. The molecule has 2 bridgehead atoms. The van der Waals surface area contributed by atoms with E-state index in [1.54, 1.807) is 0 Å². The van der Waals surface area contributed by atoms with E-state index >= 15 is 0 Å². The van der Waals surface area contributed by atoms with Crippen molar-refractivity contribution in [2.45, 2.75) is 56.3 Å². The van der Waals surface area contributed by atoms with Crippen molar-refractivity contribution in [2.24, 2.45) is 0 Å². The van der Waals surface area contributed by atoms with Gasteiger partial charge in [0.2, 0.25) is 0 Å². The standard InChI is InChI=1S/C17H21N3O2/c21-15-17(19-16(22)18-15)9-13-7-4-8-14(10-17)20(13)11-12-5-2-1-3-6-12/h1-3,5-6,13-14H,4,7-11H2,(H2,18,19,21,22)/t13-,14-/m1/s1. The summed E-state index contributed by atoms with van der Waals surface area (Å²) in [6.45, 7) is 0.932. The summed E-state index contributed by atoms with van der Waals surface area (Å²) < 4.78 is 0. The molecule has 3 fully saturated rings. The second-order valence-corrected chi connectivity index (χ2v) is 6.80. The third-order valence-corrected chi connectivity index (χ3v) is 5.40. The maximum atomic E-state index is 12.2. The number of rotatable bonds is 2. The van der Waals surface area contributed by atoms with E-state index in [4.69, 9.17) is 0 Å². The van der Waals surface area contributed by atoms with Crippen LogP contribution in [-0.2, 0) is 11.3 Å². The van der Waals surface area contributed by atoms with E-state index in [0.717, 1.165) is 32.2 Å². The first-order chi connectivity index (χ1) is 10.7. The number of hydrogen-bond acceptors (Lipinski definition) is 3. The van der Waals surface area contributed by atoms with Gasteiger partial charge in [-0.15, -0.1) is 0 Å². The molecule has 3 heterocycles. The topological polar surface area (TPSA) is 61.4 Å². The van der Waals surface area contributed by atoms with Crippen LogP contribution in [0.25, 0.3) is 0 Å². The zero-order valence-electron chi connectivity index (χ0n) is 12.5. The molecular formula is C17H21N3O2. The smallest absolute Gasteiger partial charge is 0.322 e. The molecule has 22 heavy (non-hydrogen) atoms. The van der Waals surface area contributed by atoms with Crippen LogP contribution in [0.1, 0.15) is 37.7 Å². The van der Waals surface area contributed by atoms with Crippen molar-refractivity contribution in [1.82, 2.24) is 15.5 Å². The molecule has 1 aromatic carbocycles. The number of nitrogens with one attached hydrogen (secondary N) is 2. The third kappa shape index (κ3) is 2.20. The minimum atomic E-state index is -0.667. The third-order valence-electron chi connectivity index (χ3n) is 5.40. The summed E-state index contributed by atoms with van der Waals surface area (Å²) >= 11 is 0. The zero-order valence-corrected chi connectivity index (χ0v) is 12.5. The molecule has 3 saturated heterocycles. The molecule has 3 aliphatic rings. The van der Waals surface area contributed by atoms with E-state index in [-0.39, 0.29) is 11.9 Å². The predicted octanol–water partition coefficient (Wildman–Crippen LogP) is 1.78. The maximum Gasteiger partial charge on any atom is 0.322 e. The molecule has 0 aromatic heterocycles. The second kappa shape index (κ2) is 5.09. The van der Waals surface area contributed by atoms with Gasteiger partial charge < -0.3 is 5.32 Å². The van der Waals surface area contributed by atoms with Crippen molar-refractivity contribution >= 4 is 11.9 Å². The average Bonchev–Trinajstić information content (AvgIpc) is 2.75. The fraction of sp³-hybridized carbons (Fsp3) is 0.529. The SMILES string of the molecule is O=C1NC(=O)C2(C[C@H]3CCC[C@H](C2)N3Cc2ccccc2)N1. The number of amides is 3. The van der Waals surface area contributed by atoms with Crippen LogP contribution in [0.4, 0.5) is 4.79 Å². The molecule has 1 aromatic rings. The number of carbonyl (C=O) groups excluding carboxylic acids is 2. The molecule has 0 radical (unpaired) electrons. The lowest BCUT2D eigenvalue weighted by atomic mass is 9.73. The van der Waals surface area contributed by atoms with Crippen LogP contribution in [0, 0.1) is 0 Å². The summed E-state index contributed by atoms with van der Waals surface area (Å²) in [6.07, 6.45) is 4.89. The quantitative estimate of drug-likeness (QED) is 0.818. The Balaban J connectivity index is 1.57. The first kappa shape index (κ1) is 13.8. The van der Waals surface area contributed by atoms with Crippen LogP contribution >= 0.6 is 0 Å². The van der Waals surface area contributed by atoms with Gasteiger partial charge in [-0.25, -0.2) is 4.79 Å². The molecule has 2 N–H and O–H groups in total. The summed E-state index contributed by atoms with van der Waals surface area (Å²) in [6, 6.07) is 10.9. The lowest BCUT2D eigenvalue weighted by Crippen LogP contribution is -2.63. The number of imide groups is 1. The van der Waals surface area contributed by atoms with Gasteiger partial charge in [-0.2, -0.15) is 0 Å². The van der Waals surface area contributed by atoms with Gasteiger partial charge >= 0.3 is 6.03 Å². The Kier molecular flexibility index (Phi) is 3.18. The molecule has 1 spiro atoms. The highest BCUT2D eigenvalue weighted by molar-refractivity contribution is 6.07. The number of fused-ring (bicyclic) bond motifs is 2. The van der Waals surface area contributed by atoms with Crippen LogP contribution in [-0.4, -0.2) is 34.5 Å². The van der Waals surface area contributed by atoms with Gasteiger partial charge in [0.15, 0.2) is 0 Å². The van der Waals surface area contributed by atoms with Crippen LogP contribution in [0.15, 0.2) is 30.3 Å². The van der Waals surface area contributed by atoms with Gasteiger partial charge in [-0.1, -0.05) is 36.8 Å². The van der Waals surface area contributed by atoms with Crippen LogP contribution in [0.2, 0.25) is 0 Å². The Labute approximate surface area is 130 Å². The maximum absolute atomic E-state index is 12.2. The largest absolute Gasteiger partial charge is 0.323 e. The van der Waals surface area contributed by atoms with Crippen molar-refractivity contribution in [3.05, 3.63) is 35.9 Å². The van der Waals surface area contributed by atoms with E-state index < -0.39 is 5.54 Å². The number of piperidine rings is 2. The lowest BCUT2D eigenvalue weighted by molar-refractivity contribution is -0.129. The normalized spacial score (nSPS) is 34.5. The van der Waals surface area contributed by atoms with E-state index in [0.29, 0.717) is 12.1 Å². The van der Waals surface area contributed by atoms with Crippen molar-refractivity contribution in [1.29, 1.82) is 0 Å². The molecule has 2 atom stereocenters. The average molecular weight is 299 g/mol. The van der Waals surface area contributed by atoms with Gasteiger partial charge in [0.1, 0.15) is 5.54 Å². The molecule has 0 saturated carbocycles. The highest BCUT2D eigenvalue weighted by atomic mass is 16.2. The summed E-state index contributed by atoms with van der Waals surface area (Å²) in [7, 11) is 0. The van der Waals surface area contributed by atoms with Crippen molar-refractivity contribution in [3.63, 3.8) is 0 Å². The Bertz CT molecular complexity index is 587. The molecule has 0 aliphatic carbocycles. The number of urea groups is 1. The summed E-state index contributed by atoms with van der Waals surface area (Å²) in [4.78, 5) is 26.4. The van der Waals surface area contributed by atoms with Crippen molar-refractivity contribution in [3.8, 4) is 0 Å². The molecule has 5 nitrogen and oxygen atoms in total. The van der Waals surface area contributed by atoms with Gasteiger partial charge in [-0.05, 0) is 31.2 Å². The molecule has 116 valence electrons. The first-order valence-electron chi connectivity index (χ1n) is 8.10. The minimum absolute atomic E-state index is 0.131. The van der Waals surface area contributed by atoms with E-state index in [1.165, 1.54) is 12.0 Å². The number of hydrogen-bond donors (Lipinski definition) is 2. The Hall–Kier alpha value is -1.88. The Morgan fingerprint density at radius 3 is 2.36 bits per heavy atom. The van der Waals surface area contributed by atoms with Crippen LogP contribution < -0.4 is 10.6 Å². The van der Waals surface area contributed by atoms with E-state index in [2.05, 4.69) is 39.8 Å². The fourth-order valence-electron chi connectivity index (χ4n) is 4.41. The highest BCUT2D eigenvalue weighted by Gasteiger charge is 2.54. The van der Waals surface area contributed by atoms with Crippen molar-refractivity contribution < 1.29 is 9.59 Å². The molecule has 3 amide bonds. The number of carbonyl (C=O) groups is 2. The zero-order chi connectivity index (χ0) is 15.2. The summed E-state index contributed by atoms with van der Waals surface area (Å²) in [5, 5.41) is 5.33. The predicted molar refractivity (Wildman–Crippen MR) is 82.1 cm³/mol. The van der Waals surface area contributed by atoms with Gasteiger partial charge in [0.05, 0.1) is 0 Å². The molecule has 0 unspecified atom stereocenters. The first-order valence-corrected chi connectivity index (χ1v) is 8.10. The molecule has 4 rings (SSSR count). The molecule has 3 aliphatic heterocycles. The number of nitrogens with zero attached hydrogens (tertiary/aromatic N) is 1. The van der Waals surface area contributed by atoms with Gasteiger partial charge in [-0.3, -0.25) is 15.0 Å². The summed E-state index contributed by atoms with van der Waals surface area (Å²) in [5.41, 5.74) is 0.648. The van der Waals surface area contributed by atoms with Crippen LogP contribution in [0.5, 0.6) is 0 Å². The fourth-order valence-corrected chi connectivity index (χ4v) is 4.41. The van der Waals surface area contributed by atoms with E-state index in [9.17, 15) is 9.59 Å². The highest BCUT2D eigenvalue weighted by Crippen LogP contribution is 2.41.